The van der Waals surface area contributed by atoms with Crippen LogP contribution in [0.2, 0.25) is 0 Å². The Bertz CT molecular complexity index is 634. The van der Waals surface area contributed by atoms with E-state index in [9.17, 15) is 22.0 Å². The van der Waals surface area contributed by atoms with Crippen molar-refractivity contribution in [1.29, 1.82) is 0 Å². The summed E-state index contributed by atoms with van der Waals surface area (Å²) >= 11 is 5.57. The molecule has 0 saturated carbocycles. The second kappa shape index (κ2) is 5.40. The maximum Gasteiger partial charge on any atom is 0.417 e. The molecule has 0 spiro atoms. The van der Waals surface area contributed by atoms with Crippen molar-refractivity contribution in [2.45, 2.75) is 12.1 Å². The average Bonchev–Trinajstić information content (AvgIpc) is 2.40. The van der Waals surface area contributed by atoms with Crippen molar-refractivity contribution in [3.8, 4) is 11.1 Å². The van der Waals surface area contributed by atoms with Crippen molar-refractivity contribution in [3.05, 3.63) is 59.2 Å². The van der Waals surface area contributed by atoms with Crippen LogP contribution in [-0.4, -0.2) is 0 Å². The van der Waals surface area contributed by atoms with Crippen LogP contribution in [0.4, 0.5) is 22.0 Å². The molecule has 0 aliphatic rings. The molecular weight excluding hydrogens is 299 g/mol. The summed E-state index contributed by atoms with van der Waals surface area (Å²) in [6.07, 6.45) is -4.67. The van der Waals surface area contributed by atoms with Crippen LogP contribution in [0, 0.1) is 11.6 Å². The van der Waals surface area contributed by atoms with Gasteiger partial charge in [-0.25, -0.2) is 8.78 Å². The van der Waals surface area contributed by atoms with E-state index >= 15 is 0 Å². The van der Waals surface area contributed by atoms with Crippen molar-refractivity contribution in [1.82, 2.24) is 0 Å². The van der Waals surface area contributed by atoms with Crippen LogP contribution in [-0.2, 0) is 12.1 Å². The minimum absolute atomic E-state index is 0.0257. The van der Waals surface area contributed by atoms with Gasteiger partial charge in [0.05, 0.1) is 5.56 Å². The van der Waals surface area contributed by atoms with E-state index in [-0.39, 0.29) is 5.88 Å². The first kappa shape index (κ1) is 14.8. The summed E-state index contributed by atoms with van der Waals surface area (Å²) in [6, 6.07) is 6.24. The monoisotopic (exact) mass is 306 g/mol. The molecule has 106 valence electrons. The van der Waals surface area contributed by atoms with Gasteiger partial charge in [0.2, 0.25) is 0 Å². The Labute approximate surface area is 116 Å². The molecule has 0 fully saturated rings. The topological polar surface area (TPSA) is 0 Å². The molecular formula is C14H8ClF5. The summed E-state index contributed by atoms with van der Waals surface area (Å²) < 4.78 is 65.8. The number of hydrogen-bond donors (Lipinski definition) is 0. The van der Waals surface area contributed by atoms with Gasteiger partial charge in [0.15, 0.2) is 11.6 Å². The lowest BCUT2D eigenvalue weighted by atomic mass is 9.96. The molecule has 0 radical (unpaired) electrons. The fourth-order valence-corrected chi connectivity index (χ4v) is 2.02. The highest BCUT2D eigenvalue weighted by molar-refractivity contribution is 6.17. The van der Waals surface area contributed by atoms with Gasteiger partial charge in [0.25, 0.3) is 0 Å². The van der Waals surface area contributed by atoms with E-state index in [4.69, 9.17) is 11.6 Å². The second-order valence-electron chi connectivity index (χ2n) is 4.11. The van der Waals surface area contributed by atoms with Gasteiger partial charge in [0, 0.05) is 11.4 Å². The van der Waals surface area contributed by atoms with Crippen molar-refractivity contribution < 1.29 is 22.0 Å². The van der Waals surface area contributed by atoms with Crippen LogP contribution in [0.3, 0.4) is 0 Å². The Kier molecular flexibility index (Phi) is 3.99. The Morgan fingerprint density at radius 2 is 1.65 bits per heavy atom. The van der Waals surface area contributed by atoms with Crippen LogP contribution >= 0.6 is 11.6 Å². The molecule has 6 heteroatoms. The Hall–Kier alpha value is -1.62. The van der Waals surface area contributed by atoms with Crippen LogP contribution in [0.5, 0.6) is 0 Å². The Morgan fingerprint density at radius 3 is 2.25 bits per heavy atom. The van der Waals surface area contributed by atoms with Crippen molar-refractivity contribution >= 4 is 11.6 Å². The van der Waals surface area contributed by atoms with E-state index in [0.717, 1.165) is 30.3 Å². The van der Waals surface area contributed by atoms with Gasteiger partial charge < -0.3 is 0 Å². The normalized spacial score (nSPS) is 11.7. The van der Waals surface area contributed by atoms with Gasteiger partial charge in [-0.05, 0) is 29.3 Å². The summed E-state index contributed by atoms with van der Waals surface area (Å²) in [5, 5.41) is 0. The summed E-state index contributed by atoms with van der Waals surface area (Å²) in [4.78, 5) is 0. The van der Waals surface area contributed by atoms with E-state index < -0.39 is 34.5 Å². The molecule has 0 aliphatic heterocycles. The molecule has 0 N–H and O–H groups in total. The molecule has 0 nitrogen and oxygen atoms in total. The van der Waals surface area contributed by atoms with Crippen LogP contribution in [0.15, 0.2) is 36.4 Å². The zero-order valence-corrected chi connectivity index (χ0v) is 10.7. The number of rotatable bonds is 2. The van der Waals surface area contributed by atoms with Gasteiger partial charge in [-0.15, -0.1) is 11.6 Å². The van der Waals surface area contributed by atoms with Crippen molar-refractivity contribution in [2.24, 2.45) is 0 Å². The maximum atomic E-state index is 13.7. The van der Waals surface area contributed by atoms with Crippen molar-refractivity contribution in [3.63, 3.8) is 0 Å². The lowest BCUT2D eigenvalue weighted by Crippen LogP contribution is -2.08. The minimum atomic E-state index is -4.67. The molecule has 0 amide bonds. The highest BCUT2D eigenvalue weighted by Gasteiger charge is 2.34. The van der Waals surface area contributed by atoms with Crippen LogP contribution in [0.25, 0.3) is 11.1 Å². The molecule has 0 heterocycles. The van der Waals surface area contributed by atoms with E-state index in [1.807, 2.05) is 0 Å². The third-order valence-electron chi connectivity index (χ3n) is 2.79. The molecule has 0 aromatic heterocycles. The van der Waals surface area contributed by atoms with Crippen molar-refractivity contribution in [2.75, 3.05) is 0 Å². The zero-order valence-electron chi connectivity index (χ0n) is 9.94. The first-order chi connectivity index (χ1) is 9.34. The van der Waals surface area contributed by atoms with E-state index in [1.165, 1.54) is 6.07 Å². The van der Waals surface area contributed by atoms with Crippen LogP contribution in [0.1, 0.15) is 11.1 Å². The SMILES string of the molecule is Fc1cccc(-c2cc(CCl)ccc2C(F)(F)F)c1F. The predicted octanol–water partition coefficient (Wildman–Crippen LogP) is 5.39. The lowest BCUT2D eigenvalue weighted by molar-refractivity contribution is -0.137. The number of alkyl halides is 4. The molecule has 0 bridgehead atoms. The average molecular weight is 307 g/mol. The van der Waals surface area contributed by atoms with Crippen LogP contribution < -0.4 is 0 Å². The zero-order chi connectivity index (χ0) is 14.9. The lowest BCUT2D eigenvalue weighted by Gasteiger charge is -2.15. The van der Waals surface area contributed by atoms with Gasteiger partial charge in [-0.3, -0.25) is 0 Å². The second-order valence-corrected chi connectivity index (χ2v) is 4.38. The Morgan fingerprint density at radius 1 is 0.950 bits per heavy atom. The fraction of sp³-hybridized carbons (Fsp3) is 0.143. The molecule has 0 atom stereocenters. The molecule has 20 heavy (non-hydrogen) atoms. The fourth-order valence-electron chi connectivity index (χ4n) is 1.86. The minimum Gasteiger partial charge on any atom is -0.204 e. The third kappa shape index (κ3) is 2.77. The number of hydrogen-bond acceptors (Lipinski definition) is 0. The van der Waals surface area contributed by atoms with Gasteiger partial charge in [-0.1, -0.05) is 18.2 Å². The summed E-state index contributed by atoms with van der Waals surface area (Å²) in [5.41, 5.74) is -1.51. The summed E-state index contributed by atoms with van der Waals surface area (Å²) in [5.74, 6) is -2.54. The maximum absolute atomic E-state index is 13.7. The van der Waals surface area contributed by atoms with Gasteiger partial charge in [0.1, 0.15) is 0 Å². The summed E-state index contributed by atoms with van der Waals surface area (Å²) in [7, 11) is 0. The largest absolute Gasteiger partial charge is 0.417 e. The predicted molar refractivity (Wildman–Crippen MR) is 66.4 cm³/mol. The van der Waals surface area contributed by atoms with E-state index in [2.05, 4.69) is 0 Å². The number of benzene rings is 2. The smallest absolute Gasteiger partial charge is 0.204 e. The first-order valence-electron chi connectivity index (χ1n) is 5.55. The molecule has 2 aromatic carbocycles. The van der Waals surface area contributed by atoms with E-state index in [1.54, 1.807) is 0 Å². The molecule has 0 saturated heterocycles. The third-order valence-corrected chi connectivity index (χ3v) is 3.09. The Balaban J connectivity index is 2.73. The quantitative estimate of drug-likeness (QED) is 0.515. The molecule has 2 rings (SSSR count). The van der Waals surface area contributed by atoms with E-state index in [0.29, 0.717) is 5.56 Å². The highest BCUT2D eigenvalue weighted by atomic mass is 35.5. The number of halogens is 6. The molecule has 0 aliphatic carbocycles. The standard InChI is InChI=1S/C14H8ClF5/c15-7-8-4-5-11(14(18,19)20)10(6-8)9-2-1-3-12(16)13(9)17/h1-6H,7H2. The first-order valence-corrected chi connectivity index (χ1v) is 6.08. The highest BCUT2D eigenvalue weighted by Crippen LogP contribution is 2.39. The summed E-state index contributed by atoms with van der Waals surface area (Å²) in [6.45, 7) is 0. The van der Waals surface area contributed by atoms with Gasteiger partial charge >= 0.3 is 6.18 Å². The molecule has 2 aromatic rings. The van der Waals surface area contributed by atoms with Gasteiger partial charge in [-0.2, -0.15) is 13.2 Å². The molecule has 0 unspecified atom stereocenters.